The molecule has 1 aromatic rings. The number of hydrogen-bond acceptors (Lipinski definition) is 4. The Balaban J connectivity index is 1.93. The van der Waals surface area contributed by atoms with Crippen molar-refractivity contribution >= 4 is 15.8 Å². The summed E-state index contributed by atoms with van der Waals surface area (Å²) in [5, 5.41) is 6.20. The van der Waals surface area contributed by atoms with Gasteiger partial charge in [-0.3, -0.25) is 5.10 Å². The van der Waals surface area contributed by atoms with E-state index in [1.165, 1.54) is 12.6 Å². The van der Waals surface area contributed by atoms with Crippen molar-refractivity contribution in [1.29, 1.82) is 0 Å². The van der Waals surface area contributed by atoms with Gasteiger partial charge in [0, 0.05) is 12.6 Å². The minimum Gasteiger partial charge on any atom is -0.383 e. The standard InChI is InChI=1S/C11H18N4O2S/c12-11-10(7-13-14-11)18(16,17)15-6-5-8-3-1-2-4-9(8)15/h7-9H,1-6H2,(H3,12,13,14). The topological polar surface area (TPSA) is 92.1 Å². The average Bonchev–Trinajstić information content (AvgIpc) is 2.95. The fraction of sp³-hybridized carbons (Fsp3) is 0.727. The fourth-order valence-electron chi connectivity index (χ4n) is 3.28. The Bertz CT molecular complexity index is 539. The van der Waals surface area contributed by atoms with Gasteiger partial charge in [-0.15, -0.1) is 0 Å². The van der Waals surface area contributed by atoms with E-state index >= 15 is 0 Å². The Labute approximate surface area is 107 Å². The van der Waals surface area contributed by atoms with Crippen LogP contribution >= 0.6 is 0 Å². The number of aromatic amines is 1. The molecule has 2 heterocycles. The molecule has 0 radical (unpaired) electrons. The van der Waals surface area contributed by atoms with E-state index < -0.39 is 10.0 Å². The van der Waals surface area contributed by atoms with Crippen LogP contribution in [0.2, 0.25) is 0 Å². The SMILES string of the molecule is Nc1[nH]ncc1S(=O)(=O)N1CCC2CCCCC21. The van der Waals surface area contributed by atoms with Crippen molar-refractivity contribution in [3.05, 3.63) is 6.20 Å². The minimum atomic E-state index is -3.48. The summed E-state index contributed by atoms with van der Waals surface area (Å²) in [5.74, 6) is 0.663. The van der Waals surface area contributed by atoms with Crippen LogP contribution in [0.3, 0.4) is 0 Å². The lowest BCUT2D eigenvalue weighted by atomic mass is 9.86. The van der Waals surface area contributed by atoms with Crippen molar-refractivity contribution in [3.8, 4) is 0 Å². The first kappa shape index (κ1) is 12.0. The summed E-state index contributed by atoms with van der Waals surface area (Å²) in [5.41, 5.74) is 5.64. The van der Waals surface area contributed by atoms with Crippen molar-refractivity contribution in [1.82, 2.24) is 14.5 Å². The molecule has 0 aromatic carbocycles. The lowest BCUT2D eigenvalue weighted by Gasteiger charge is -2.30. The summed E-state index contributed by atoms with van der Waals surface area (Å²) < 4.78 is 26.8. The third kappa shape index (κ3) is 1.73. The van der Waals surface area contributed by atoms with Gasteiger partial charge < -0.3 is 5.73 Å². The largest absolute Gasteiger partial charge is 0.383 e. The second-order valence-electron chi connectivity index (χ2n) is 5.16. The van der Waals surface area contributed by atoms with Gasteiger partial charge in [0.2, 0.25) is 10.0 Å². The van der Waals surface area contributed by atoms with Gasteiger partial charge in [0.05, 0.1) is 6.20 Å². The van der Waals surface area contributed by atoms with Crippen LogP contribution in [0.25, 0.3) is 0 Å². The van der Waals surface area contributed by atoms with Crippen LogP contribution in [0.15, 0.2) is 11.1 Å². The third-order valence-electron chi connectivity index (χ3n) is 4.18. The highest BCUT2D eigenvalue weighted by atomic mass is 32.2. The maximum Gasteiger partial charge on any atom is 0.248 e. The van der Waals surface area contributed by atoms with Gasteiger partial charge >= 0.3 is 0 Å². The number of aromatic nitrogens is 2. The molecular formula is C11H18N4O2S. The van der Waals surface area contributed by atoms with Crippen LogP contribution in [0, 0.1) is 5.92 Å². The Morgan fingerprint density at radius 2 is 2.11 bits per heavy atom. The van der Waals surface area contributed by atoms with Gasteiger partial charge in [-0.05, 0) is 25.2 Å². The lowest BCUT2D eigenvalue weighted by molar-refractivity contribution is 0.260. The van der Waals surface area contributed by atoms with E-state index in [0.29, 0.717) is 12.5 Å². The van der Waals surface area contributed by atoms with E-state index in [0.717, 1.165) is 25.7 Å². The molecule has 0 spiro atoms. The number of rotatable bonds is 2. The molecule has 2 unspecified atom stereocenters. The molecule has 1 saturated heterocycles. The second-order valence-corrected chi connectivity index (χ2v) is 7.02. The van der Waals surface area contributed by atoms with Gasteiger partial charge in [0.1, 0.15) is 10.7 Å². The molecule has 2 atom stereocenters. The maximum absolute atomic E-state index is 12.6. The normalized spacial score (nSPS) is 29.3. The Hall–Kier alpha value is -1.08. The van der Waals surface area contributed by atoms with Crippen molar-refractivity contribution < 1.29 is 8.42 Å². The first-order chi connectivity index (χ1) is 8.60. The van der Waals surface area contributed by atoms with E-state index in [2.05, 4.69) is 10.2 Å². The van der Waals surface area contributed by atoms with Crippen LogP contribution in [-0.2, 0) is 10.0 Å². The molecule has 6 nitrogen and oxygen atoms in total. The summed E-state index contributed by atoms with van der Waals surface area (Å²) in [6.45, 7) is 0.613. The first-order valence-electron chi connectivity index (χ1n) is 6.41. The van der Waals surface area contributed by atoms with Crippen LogP contribution < -0.4 is 5.73 Å². The number of sulfonamides is 1. The van der Waals surface area contributed by atoms with E-state index in [4.69, 9.17) is 5.73 Å². The number of nitrogens with zero attached hydrogens (tertiary/aromatic N) is 2. The van der Waals surface area contributed by atoms with Crippen molar-refractivity contribution in [2.24, 2.45) is 5.92 Å². The van der Waals surface area contributed by atoms with E-state index in [1.54, 1.807) is 4.31 Å². The van der Waals surface area contributed by atoms with Crippen LogP contribution in [0.5, 0.6) is 0 Å². The molecule has 0 amide bonds. The number of hydrogen-bond donors (Lipinski definition) is 2. The number of H-pyrrole nitrogens is 1. The molecule has 3 N–H and O–H groups in total. The van der Waals surface area contributed by atoms with Gasteiger partial charge in [-0.2, -0.15) is 9.40 Å². The van der Waals surface area contributed by atoms with Gasteiger partial charge in [-0.25, -0.2) is 8.42 Å². The highest BCUT2D eigenvalue weighted by molar-refractivity contribution is 7.89. The molecule has 2 aliphatic rings. The average molecular weight is 270 g/mol. The predicted molar refractivity (Wildman–Crippen MR) is 67.3 cm³/mol. The van der Waals surface area contributed by atoms with Gasteiger partial charge in [-0.1, -0.05) is 12.8 Å². The monoisotopic (exact) mass is 270 g/mol. The zero-order valence-electron chi connectivity index (χ0n) is 10.2. The molecule has 0 bridgehead atoms. The smallest absolute Gasteiger partial charge is 0.248 e. The third-order valence-corrected chi connectivity index (χ3v) is 6.13. The molecule has 1 saturated carbocycles. The fourth-order valence-corrected chi connectivity index (χ4v) is 5.02. The Kier molecular flexibility index (Phi) is 2.82. The number of anilines is 1. The van der Waals surface area contributed by atoms with Crippen molar-refractivity contribution in [3.63, 3.8) is 0 Å². The molecule has 1 aromatic heterocycles. The molecular weight excluding hydrogens is 252 g/mol. The number of nitrogens with one attached hydrogen (secondary N) is 1. The highest BCUT2D eigenvalue weighted by Crippen LogP contribution is 2.39. The van der Waals surface area contributed by atoms with Gasteiger partial charge in [0.25, 0.3) is 0 Å². The summed E-state index contributed by atoms with van der Waals surface area (Å²) in [6, 6.07) is 0.165. The number of nitrogen functional groups attached to an aromatic ring is 1. The Morgan fingerprint density at radius 1 is 1.33 bits per heavy atom. The quantitative estimate of drug-likeness (QED) is 0.836. The van der Waals surface area contributed by atoms with E-state index in [1.807, 2.05) is 0 Å². The summed E-state index contributed by atoms with van der Waals surface area (Å²) in [4.78, 5) is 0.119. The molecule has 100 valence electrons. The van der Waals surface area contributed by atoms with E-state index in [-0.39, 0.29) is 16.8 Å². The molecule has 7 heteroatoms. The van der Waals surface area contributed by atoms with Gasteiger partial charge in [0.15, 0.2) is 0 Å². The van der Waals surface area contributed by atoms with Crippen LogP contribution in [0.4, 0.5) is 5.82 Å². The molecule has 2 fully saturated rings. The molecule has 18 heavy (non-hydrogen) atoms. The highest BCUT2D eigenvalue weighted by Gasteiger charge is 2.43. The van der Waals surface area contributed by atoms with Crippen LogP contribution in [0.1, 0.15) is 32.1 Å². The molecule has 1 aliphatic carbocycles. The Morgan fingerprint density at radius 3 is 2.83 bits per heavy atom. The zero-order valence-corrected chi connectivity index (χ0v) is 11.0. The van der Waals surface area contributed by atoms with E-state index in [9.17, 15) is 8.42 Å². The number of fused-ring (bicyclic) bond motifs is 1. The molecule has 1 aliphatic heterocycles. The summed E-state index contributed by atoms with van der Waals surface area (Å²) in [6.07, 6.45) is 6.75. The first-order valence-corrected chi connectivity index (χ1v) is 7.85. The van der Waals surface area contributed by atoms with Crippen LogP contribution in [-0.4, -0.2) is 35.5 Å². The predicted octanol–water partition coefficient (Wildman–Crippen LogP) is 0.945. The maximum atomic E-state index is 12.6. The lowest BCUT2D eigenvalue weighted by Crippen LogP contribution is -2.39. The number of nitrogens with two attached hydrogens (primary N) is 1. The second kappa shape index (κ2) is 4.24. The van der Waals surface area contributed by atoms with Crippen molar-refractivity contribution in [2.45, 2.75) is 43.0 Å². The summed E-state index contributed by atoms with van der Waals surface area (Å²) in [7, 11) is -3.48. The minimum absolute atomic E-state index is 0.119. The molecule has 3 rings (SSSR count). The van der Waals surface area contributed by atoms with Crippen molar-refractivity contribution in [2.75, 3.05) is 12.3 Å². The zero-order chi connectivity index (χ0) is 12.8. The summed E-state index contributed by atoms with van der Waals surface area (Å²) >= 11 is 0.